The van der Waals surface area contributed by atoms with E-state index in [1.807, 2.05) is 0 Å². The Balaban J connectivity index is 1.38. The molecular formula is C31H50O4. The number of Topliss-reactive ketones (excluding diaryl/α,β-unsaturated/α-hetero) is 1. The standard InChI is InChI=1S/C31H50O4/c1-5-21-25-18-20(26-8-6-7-17-35-26)13-15-31(25,4)24-14-16-30(3)22(19(2)9-12-27(32)33)10-11-23(30)28(24)29(21)34/h19-26,28H,5-18H2,1-4H3,(H,32,33)/t19-,20-,21-,22-,23+,24+,25+,26?,28+,30-,31-/m1/s1. The van der Waals surface area contributed by atoms with Crippen LogP contribution in [0.15, 0.2) is 0 Å². The zero-order valence-electron chi connectivity index (χ0n) is 22.8. The van der Waals surface area contributed by atoms with E-state index in [9.17, 15) is 14.7 Å². The van der Waals surface area contributed by atoms with Gasteiger partial charge in [-0.3, -0.25) is 9.59 Å². The van der Waals surface area contributed by atoms with Crippen LogP contribution in [0.4, 0.5) is 0 Å². The molecule has 11 atom stereocenters. The van der Waals surface area contributed by atoms with Crippen LogP contribution in [-0.4, -0.2) is 29.6 Å². The Morgan fingerprint density at radius 2 is 1.77 bits per heavy atom. The molecular weight excluding hydrogens is 436 g/mol. The molecule has 1 saturated heterocycles. The highest BCUT2D eigenvalue weighted by Crippen LogP contribution is 2.69. The molecule has 35 heavy (non-hydrogen) atoms. The minimum absolute atomic E-state index is 0.198. The number of hydrogen-bond acceptors (Lipinski definition) is 3. The second-order valence-corrected chi connectivity index (χ2v) is 13.8. The van der Waals surface area contributed by atoms with E-state index in [2.05, 4.69) is 27.7 Å². The van der Waals surface area contributed by atoms with E-state index in [1.54, 1.807) is 0 Å². The van der Waals surface area contributed by atoms with Gasteiger partial charge < -0.3 is 9.84 Å². The van der Waals surface area contributed by atoms with Gasteiger partial charge in [0.2, 0.25) is 0 Å². The molecule has 0 aromatic rings. The fourth-order valence-corrected chi connectivity index (χ4v) is 10.7. The molecule has 0 radical (unpaired) electrons. The predicted molar refractivity (Wildman–Crippen MR) is 138 cm³/mol. The molecule has 0 aromatic carbocycles. The van der Waals surface area contributed by atoms with Gasteiger partial charge in [-0.25, -0.2) is 0 Å². The maximum absolute atomic E-state index is 14.3. The van der Waals surface area contributed by atoms with Gasteiger partial charge in [0.15, 0.2) is 0 Å². The zero-order valence-corrected chi connectivity index (χ0v) is 22.8. The first-order valence-electron chi connectivity index (χ1n) is 15.1. The van der Waals surface area contributed by atoms with Gasteiger partial charge in [0.1, 0.15) is 5.78 Å². The summed E-state index contributed by atoms with van der Waals surface area (Å²) in [6.07, 6.45) is 14.7. The summed E-state index contributed by atoms with van der Waals surface area (Å²) >= 11 is 0. The molecule has 0 amide bonds. The van der Waals surface area contributed by atoms with Gasteiger partial charge in [-0.05, 0) is 123 Å². The Bertz CT molecular complexity index is 802. The van der Waals surface area contributed by atoms with Crippen molar-refractivity contribution in [2.45, 2.75) is 117 Å². The summed E-state index contributed by atoms with van der Waals surface area (Å²) < 4.78 is 6.25. The number of carbonyl (C=O) groups is 2. The molecule has 4 saturated carbocycles. The number of carboxylic acids is 1. The van der Waals surface area contributed by atoms with Gasteiger partial charge in [-0.2, -0.15) is 0 Å². The molecule has 4 heteroatoms. The van der Waals surface area contributed by atoms with Crippen molar-refractivity contribution < 1.29 is 19.4 Å². The lowest BCUT2D eigenvalue weighted by molar-refractivity contribution is -0.175. The van der Waals surface area contributed by atoms with Gasteiger partial charge in [0.25, 0.3) is 0 Å². The molecule has 0 spiro atoms. The van der Waals surface area contributed by atoms with Crippen molar-refractivity contribution in [2.24, 2.45) is 58.2 Å². The van der Waals surface area contributed by atoms with Crippen LogP contribution < -0.4 is 0 Å². The van der Waals surface area contributed by atoms with Crippen molar-refractivity contribution in [1.82, 2.24) is 0 Å². The predicted octanol–water partition coefficient (Wildman–Crippen LogP) is 7.15. The fourth-order valence-electron chi connectivity index (χ4n) is 10.7. The Kier molecular flexibility index (Phi) is 7.18. The van der Waals surface area contributed by atoms with Crippen LogP contribution in [-0.2, 0) is 14.3 Å². The van der Waals surface area contributed by atoms with E-state index in [0.29, 0.717) is 52.8 Å². The molecule has 0 aromatic heterocycles. The van der Waals surface area contributed by atoms with Gasteiger partial charge >= 0.3 is 5.97 Å². The number of hydrogen-bond donors (Lipinski definition) is 1. The number of rotatable bonds is 6. The van der Waals surface area contributed by atoms with E-state index >= 15 is 0 Å². The molecule has 1 aliphatic heterocycles. The second kappa shape index (κ2) is 9.76. The van der Waals surface area contributed by atoms with Crippen molar-refractivity contribution >= 4 is 11.8 Å². The van der Waals surface area contributed by atoms with E-state index in [0.717, 1.165) is 19.4 Å². The van der Waals surface area contributed by atoms with E-state index in [4.69, 9.17) is 4.74 Å². The molecule has 4 nitrogen and oxygen atoms in total. The van der Waals surface area contributed by atoms with Crippen LogP contribution in [0.2, 0.25) is 0 Å². The summed E-state index contributed by atoms with van der Waals surface area (Å²) in [7, 11) is 0. The minimum Gasteiger partial charge on any atom is -0.481 e. The summed E-state index contributed by atoms with van der Waals surface area (Å²) in [5.41, 5.74) is 0.488. The van der Waals surface area contributed by atoms with Crippen molar-refractivity contribution in [3.05, 3.63) is 0 Å². The summed E-state index contributed by atoms with van der Waals surface area (Å²) in [4.78, 5) is 25.6. The summed E-state index contributed by atoms with van der Waals surface area (Å²) in [6.45, 7) is 10.5. The Labute approximate surface area is 213 Å². The number of ether oxygens (including phenoxy) is 1. The first-order chi connectivity index (χ1) is 16.7. The smallest absolute Gasteiger partial charge is 0.303 e. The average Bonchev–Trinajstić information content (AvgIpc) is 3.20. The number of carbonyl (C=O) groups excluding carboxylic acids is 1. The SMILES string of the molecule is CC[C@H]1C(=O)[C@@H]2[C@H](CC[C@]3(C)[C@@H]([C@H](C)CCC(=O)O)CC[C@@H]23)[C@@]2(C)CC[C@@H](C3CCCCO3)C[C@@H]12. The molecule has 1 N–H and O–H groups in total. The Morgan fingerprint density at radius 1 is 1.03 bits per heavy atom. The topological polar surface area (TPSA) is 63.6 Å². The van der Waals surface area contributed by atoms with Crippen molar-refractivity contribution in [3.63, 3.8) is 0 Å². The first kappa shape index (κ1) is 25.7. The molecule has 1 heterocycles. The molecule has 1 unspecified atom stereocenters. The lowest BCUT2D eigenvalue weighted by Gasteiger charge is -2.63. The largest absolute Gasteiger partial charge is 0.481 e. The Morgan fingerprint density at radius 3 is 2.46 bits per heavy atom. The highest BCUT2D eigenvalue weighted by Gasteiger charge is 2.65. The molecule has 5 aliphatic rings. The van der Waals surface area contributed by atoms with Crippen LogP contribution in [0, 0.1) is 58.2 Å². The van der Waals surface area contributed by atoms with Gasteiger partial charge in [-0.15, -0.1) is 0 Å². The average molecular weight is 487 g/mol. The fraction of sp³-hybridized carbons (Fsp3) is 0.935. The molecule has 4 aliphatic carbocycles. The van der Waals surface area contributed by atoms with Gasteiger partial charge in [-0.1, -0.05) is 27.7 Å². The van der Waals surface area contributed by atoms with Crippen LogP contribution in [0.3, 0.4) is 0 Å². The van der Waals surface area contributed by atoms with Gasteiger partial charge in [0.05, 0.1) is 6.10 Å². The summed E-state index contributed by atoms with van der Waals surface area (Å²) in [6, 6.07) is 0. The number of fused-ring (bicyclic) bond motifs is 5. The zero-order chi connectivity index (χ0) is 25.0. The van der Waals surface area contributed by atoms with Crippen molar-refractivity contribution in [2.75, 3.05) is 6.61 Å². The Hall–Kier alpha value is -0.900. The lowest BCUT2D eigenvalue weighted by atomic mass is 9.41. The van der Waals surface area contributed by atoms with E-state index < -0.39 is 5.97 Å². The maximum atomic E-state index is 14.3. The molecule has 0 bridgehead atoms. The third kappa shape index (κ3) is 4.22. The van der Waals surface area contributed by atoms with E-state index in [-0.39, 0.29) is 23.7 Å². The quantitative estimate of drug-likeness (QED) is 0.433. The molecule has 198 valence electrons. The number of ketones is 1. The molecule has 5 rings (SSSR count). The second-order valence-electron chi connectivity index (χ2n) is 13.8. The molecule has 5 fully saturated rings. The highest BCUT2D eigenvalue weighted by molar-refractivity contribution is 5.86. The van der Waals surface area contributed by atoms with E-state index in [1.165, 1.54) is 64.2 Å². The van der Waals surface area contributed by atoms with Crippen LogP contribution in [0.5, 0.6) is 0 Å². The normalized spacial score (nSPS) is 48.5. The first-order valence-corrected chi connectivity index (χ1v) is 15.1. The lowest BCUT2D eigenvalue weighted by Crippen LogP contribution is -2.60. The van der Waals surface area contributed by atoms with Crippen molar-refractivity contribution in [1.29, 1.82) is 0 Å². The van der Waals surface area contributed by atoms with Crippen LogP contribution >= 0.6 is 0 Å². The number of aliphatic carboxylic acids is 1. The summed E-state index contributed by atoms with van der Waals surface area (Å²) in [5.74, 6) is 3.59. The third-order valence-electron chi connectivity index (χ3n) is 12.5. The third-order valence-corrected chi connectivity index (χ3v) is 12.5. The summed E-state index contributed by atoms with van der Waals surface area (Å²) in [5, 5.41) is 9.23. The minimum atomic E-state index is -0.679. The van der Waals surface area contributed by atoms with Gasteiger partial charge in [0, 0.05) is 24.9 Å². The maximum Gasteiger partial charge on any atom is 0.303 e. The number of carboxylic acid groups (broad SMARTS) is 1. The monoisotopic (exact) mass is 486 g/mol. The van der Waals surface area contributed by atoms with Crippen LogP contribution in [0.25, 0.3) is 0 Å². The highest BCUT2D eigenvalue weighted by atomic mass is 16.5. The van der Waals surface area contributed by atoms with Crippen molar-refractivity contribution in [3.8, 4) is 0 Å². The van der Waals surface area contributed by atoms with Crippen LogP contribution in [0.1, 0.15) is 111 Å².